The van der Waals surface area contributed by atoms with Crippen molar-refractivity contribution in [2.24, 2.45) is 0 Å². The van der Waals surface area contributed by atoms with E-state index in [-0.39, 0.29) is 5.91 Å². The summed E-state index contributed by atoms with van der Waals surface area (Å²) in [5.74, 6) is -0.933. The molecule has 0 aliphatic carbocycles. The van der Waals surface area contributed by atoms with Gasteiger partial charge >= 0.3 is 5.97 Å². The lowest BCUT2D eigenvalue weighted by molar-refractivity contribution is -0.123. The van der Waals surface area contributed by atoms with Crippen LogP contribution in [0.15, 0.2) is 60.7 Å². The van der Waals surface area contributed by atoms with Crippen LogP contribution in [-0.2, 0) is 9.53 Å². The van der Waals surface area contributed by atoms with Gasteiger partial charge in [-0.25, -0.2) is 4.79 Å². The van der Waals surface area contributed by atoms with Crippen molar-refractivity contribution in [1.29, 1.82) is 0 Å². The van der Waals surface area contributed by atoms with Crippen LogP contribution in [0.3, 0.4) is 0 Å². The summed E-state index contributed by atoms with van der Waals surface area (Å²) in [4.78, 5) is 27.2. The molecule has 1 atom stereocenters. The lowest BCUT2D eigenvalue weighted by Gasteiger charge is -2.12. The predicted octanol–water partition coefficient (Wildman–Crippen LogP) is 3.35. The average Bonchev–Trinajstić information content (AvgIpc) is 3.00. The van der Waals surface area contributed by atoms with E-state index in [2.05, 4.69) is 10.3 Å². The number of benzene rings is 2. The summed E-state index contributed by atoms with van der Waals surface area (Å²) in [5, 5.41) is 3.62. The van der Waals surface area contributed by atoms with Gasteiger partial charge in [-0.05, 0) is 31.2 Å². The molecule has 3 rings (SSSR count). The number of aromatic amines is 1. The SMILES string of the molecule is C[C@H](OC(=O)c1cc2ccccc2[nH]1)C(=O)Nc1ccccc1. The standard InChI is InChI=1S/C18H16N2O3/c1-12(17(21)19-14-8-3-2-4-9-14)23-18(22)16-11-13-7-5-6-10-15(13)20-16/h2-12,20H,1H3,(H,19,21)/t12-/m0/s1. The minimum atomic E-state index is -0.894. The quantitative estimate of drug-likeness (QED) is 0.726. The van der Waals surface area contributed by atoms with Crippen molar-refractivity contribution in [2.45, 2.75) is 13.0 Å². The Labute approximate surface area is 133 Å². The smallest absolute Gasteiger partial charge is 0.355 e. The second-order valence-corrected chi connectivity index (χ2v) is 5.17. The first-order valence-electron chi connectivity index (χ1n) is 7.28. The molecule has 0 spiro atoms. The molecule has 116 valence electrons. The molecule has 2 aromatic carbocycles. The fraction of sp³-hybridized carbons (Fsp3) is 0.111. The second kappa shape index (κ2) is 6.36. The fourth-order valence-corrected chi connectivity index (χ4v) is 2.23. The van der Waals surface area contributed by atoms with Crippen LogP contribution in [0, 0.1) is 0 Å². The zero-order valence-corrected chi connectivity index (χ0v) is 12.6. The molecule has 0 fully saturated rings. The number of anilines is 1. The van der Waals surface area contributed by atoms with Crippen LogP contribution in [0.5, 0.6) is 0 Å². The van der Waals surface area contributed by atoms with Crippen LogP contribution in [0.1, 0.15) is 17.4 Å². The van der Waals surface area contributed by atoms with Crippen LogP contribution >= 0.6 is 0 Å². The number of ether oxygens (including phenoxy) is 1. The Kier molecular flexibility index (Phi) is 4.10. The number of hydrogen-bond acceptors (Lipinski definition) is 3. The van der Waals surface area contributed by atoms with Crippen molar-refractivity contribution in [1.82, 2.24) is 4.98 Å². The number of amides is 1. The number of esters is 1. The maximum Gasteiger partial charge on any atom is 0.355 e. The molecule has 0 radical (unpaired) electrons. The lowest BCUT2D eigenvalue weighted by Crippen LogP contribution is -2.30. The number of fused-ring (bicyclic) bond motifs is 1. The number of carbonyl (C=O) groups excluding carboxylic acids is 2. The molecule has 3 aromatic rings. The molecule has 0 bridgehead atoms. The Morgan fingerprint density at radius 1 is 1.04 bits per heavy atom. The molecule has 5 heteroatoms. The fourth-order valence-electron chi connectivity index (χ4n) is 2.23. The third-order valence-corrected chi connectivity index (χ3v) is 3.44. The zero-order chi connectivity index (χ0) is 16.2. The Morgan fingerprint density at radius 2 is 1.74 bits per heavy atom. The number of nitrogens with one attached hydrogen (secondary N) is 2. The highest BCUT2D eigenvalue weighted by Gasteiger charge is 2.20. The van der Waals surface area contributed by atoms with E-state index in [4.69, 9.17) is 4.74 Å². The number of hydrogen-bond donors (Lipinski definition) is 2. The van der Waals surface area contributed by atoms with Crippen LogP contribution in [0.4, 0.5) is 5.69 Å². The van der Waals surface area contributed by atoms with Crippen molar-refractivity contribution >= 4 is 28.5 Å². The third-order valence-electron chi connectivity index (χ3n) is 3.44. The summed E-state index contributed by atoms with van der Waals surface area (Å²) >= 11 is 0. The summed E-state index contributed by atoms with van der Waals surface area (Å²) in [6.07, 6.45) is -0.894. The average molecular weight is 308 g/mol. The summed E-state index contributed by atoms with van der Waals surface area (Å²) < 4.78 is 5.22. The van der Waals surface area contributed by atoms with Gasteiger partial charge in [0.1, 0.15) is 5.69 Å². The highest BCUT2D eigenvalue weighted by molar-refractivity contribution is 5.98. The molecule has 0 aliphatic heterocycles. The van der Waals surface area contributed by atoms with Crippen LogP contribution < -0.4 is 5.32 Å². The second-order valence-electron chi connectivity index (χ2n) is 5.17. The topological polar surface area (TPSA) is 71.2 Å². The molecule has 1 heterocycles. The molecular weight excluding hydrogens is 292 g/mol. The van der Waals surface area contributed by atoms with Gasteiger partial charge in [-0.15, -0.1) is 0 Å². The van der Waals surface area contributed by atoms with E-state index in [9.17, 15) is 9.59 Å². The van der Waals surface area contributed by atoms with Crippen LogP contribution in [-0.4, -0.2) is 23.0 Å². The normalized spacial score (nSPS) is 11.9. The van der Waals surface area contributed by atoms with Gasteiger partial charge in [0.25, 0.3) is 5.91 Å². The molecular formula is C18H16N2O3. The summed E-state index contributed by atoms with van der Waals surface area (Å²) in [6, 6.07) is 18.3. The van der Waals surface area contributed by atoms with E-state index in [0.29, 0.717) is 11.4 Å². The minimum absolute atomic E-state index is 0.325. The molecule has 5 nitrogen and oxygen atoms in total. The highest BCUT2D eigenvalue weighted by atomic mass is 16.5. The van der Waals surface area contributed by atoms with Gasteiger partial charge in [0.05, 0.1) is 0 Å². The molecule has 0 saturated carbocycles. The largest absolute Gasteiger partial charge is 0.448 e. The minimum Gasteiger partial charge on any atom is -0.448 e. The first-order valence-corrected chi connectivity index (χ1v) is 7.28. The number of H-pyrrole nitrogens is 1. The van der Waals surface area contributed by atoms with Crippen molar-refractivity contribution in [2.75, 3.05) is 5.32 Å². The lowest BCUT2D eigenvalue weighted by atomic mass is 10.2. The monoisotopic (exact) mass is 308 g/mol. The molecule has 0 aliphatic rings. The number of aromatic nitrogens is 1. The van der Waals surface area contributed by atoms with Crippen LogP contribution in [0.25, 0.3) is 10.9 Å². The van der Waals surface area contributed by atoms with E-state index in [1.165, 1.54) is 0 Å². The Hall–Kier alpha value is -3.08. The number of para-hydroxylation sites is 2. The van der Waals surface area contributed by atoms with Gasteiger partial charge in [-0.1, -0.05) is 36.4 Å². The van der Waals surface area contributed by atoms with Crippen molar-refractivity contribution in [3.63, 3.8) is 0 Å². The third kappa shape index (κ3) is 3.40. The summed E-state index contributed by atoms with van der Waals surface area (Å²) in [6.45, 7) is 1.54. The highest BCUT2D eigenvalue weighted by Crippen LogP contribution is 2.16. The van der Waals surface area contributed by atoms with E-state index < -0.39 is 12.1 Å². The van der Waals surface area contributed by atoms with Gasteiger partial charge in [0.2, 0.25) is 0 Å². The molecule has 23 heavy (non-hydrogen) atoms. The summed E-state index contributed by atoms with van der Waals surface area (Å²) in [5.41, 5.74) is 1.83. The predicted molar refractivity (Wildman–Crippen MR) is 88.2 cm³/mol. The number of carbonyl (C=O) groups is 2. The molecule has 2 N–H and O–H groups in total. The van der Waals surface area contributed by atoms with Gasteiger partial charge in [0.15, 0.2) is 6.10 Å². The zero-order valence-electron chi connectivity index (χ0n) is 12.6. The maximum atomic E-state index is 12.1. The van der Waals surface area contributed by atoms with E-state index in [1.807, 2.05) is 42.5 Å². The first kappa shape index (κ1) is 14.8. The molecule has 1 aromatic heterocycles. The van der Waals surface area contributed by atoms with Gasteiger partial charge in [0, 0.05) is 16.6 Å². The van der Waals surface area contributed by atoms with Gasteiger partial charge in [-0.3, -0.25) is 4.79 Å². The molecule has 1 amide bonds. The van der Waals surface area contributed by atoms with Crippen LogP contribution in [0.2, 0.25) is 0 Å². The molecule has 0 saturated heterocycles. The van der Waals surface area contributed by atoms with Gasteiger partial charge in [-0.2, -0.15) is 0 Å². The van der Waals surface area contributed by atoms with E-state index in [0.717, 1.165) is 10.9 Å². The van der Waals surface area contributed by atoms with Crippen molar-refractivity contribution < 1.29 is 14.3 Å². The summed E-state index contributed by atoms with van der Waals surface area (Å²) in [7, 11) is 0. The Bertz CT molecular complexity index is 807. The van der Waals surface area contributed by atoms with Crippen molar-refractivity contribution in [3.8, 4) is 0 Å². The molecule has 0 unspecified atom stereocenters. The maximum absolute atomic E-state index is 12.1. The van der Waals surface area contributed by atoms with E-state index in [1.54, 1.807) is 25.1 Å². The van der Waals surface area contributed by atoms with Gasteiger partial charge < -0.3 is 15.0 Å². The van der Waals surface area contributed by atoms with E-state index >= 15 is 0 Å². The Balaban J connectivity index is 1.65. The number of rotatable bonds is 4. The first-order chi connectivity index (χ1) is 11.1. The van der Waals surface area contributed by atoms with Crippen molar-refractivity contribution in [3.05, 3.63) is 66.4 Å². The Morgan fingerprint density at radius 3 is 2.48 bits per heavy atom.